The molecule has 0 heterocycles. The Kier molecular flexibility index (Phi) is 5.77. The number of carbonyl (C=O) groups is 1. The normalized spacial score (nSPS) is 12.2. The summed E-state index contributed by atoms with van der Waals surface area (Å²) in [7, 11) is 3.62. The lowest BCUT2D eigenvalue weighted by Crippen LogP contribution is -2.42. The van der Waals surface area contributed by atoms with Crippen molar-refractivity contribution >= 4 is 16.7 Å². The minimum absolute atomic E-state index is 0.0120. The van der Waals surface area contributed by atoms with Crippen molar-refractivity contribution in [2.75, 3.05) is 20.7 Å². The number of ether oxygens (including phenoxy) is 1. The van der Waals surface area contributed by atoms with Gasteiger partial charge in [0.25, 0.3) is 0 Å². The van der Waals surface area contributed by atoms with Crippen LogP contribution in [0.3, 0.4) is 0 Å². The average Bonchev–Trinajstić information content (AvgIpc) is 2.58. The molecule has 2 aromatic carbocycles. The van der Waals surface area contributed by atoms with Crippen molar-refractivity contribution in [1.82, 2.24) is 10.2 Å². The summed E-state index contributed by atoms with van der Waals surface area (Å²) >= 11 is 0. The van der Waals surface area contributed by atoms with Crippen molar-refractivity contribution in [3.63, 3.8) is 0 Å². The number of amides is 1. The third kappa shape index (κ3) is 4.33. The third-order valence-corrected chi connectivity index (χ3v) is 4.01. The molecular weight excluding hydrogens is 288 g/mol. The van der Waals surface area contributed by atoms with E-state index in [0.717, 1.165) is 11.1 Å². The molecule has 23 heavy (non-hydrogen) atoms. The van der Waals surface area contributed by atoms with Crippen LogP contribution in [0, 0.1) is 0 Å². The second-order valence-corrected chi connectivity index (χ2v) is 5.67. The van der Waals surface area contributed by atoms with Gasteiger partial charge in [0.1, 0.15) is 5.75 Å². The quantitative estimate of drug-likeness (QED) is 0.799. The van der Waals surface area contributed by atoms with Crippen molar-refractivity contribution in [3.8, 4) is 5.75 Å². The number of benzene rings is 2. The lowest BCUT2D eigenvalue weighted by molar-refractivity contribution is -0.125. The van der Waals surface area contributed by atoms with Crippen molar-refractivity contribution in [1.29, 1.82) is 0 Å². The first-order valence-corrected chi connectivity index (χ1v) is 7.70. The van der Waals surface area contributed by atoms with Gasteiger partial charge in [-0.2, -0.15) is 0 Å². The highest BCUT2D eigenvalue weighted by atomic mass is 16.5. The van der Waals surface area contributed by atoms with Crippen LogP contribution in [0.25, 0.3) is 10.8 Å². The highest BCUT2D eigenvalue weighted by Crippen LogP contribution is 2.22. The van der Waals surface area contributed by atoms with E-state index in [1.54, 1.807) is 13.2 Å². The van der Waals surface area contributed by atoms with Crippen LogP contribution < -0.4 is 10.1 Å². The van der Waals surface area contributed by atoms with Crippen molar-refractivity contribution < 1.29 is 9.53 Å². The molecule has 0 aromatic heterocycles. The van der Waals surface area contributed by atoms with Gasteiger partial charge < -0.3 is 10.1 Å². The maximum atomic E-state index is 12.0. The van der Waals surface area contributed by atoms with Gasteiger partial charge >= 0.3 is 0 Å². The van der Waals surface area contributed by atoms with Crippen LogP contribution in [0.4, 0.5) is 0 Å². The molecule has 2 rings (SSSR count). The van der Waals surface area contributed by atoms with Crippen molar-refractivity contribution in [3.05, 3.63) is 54.6 Å². The largest absolute Gasteiger partial charge is 0.497 e. The lowest BCUT2D eigenvalue weighted by atomic mass is 10.1. The zero-order valence-corrected chi connectivity index (χ0v) is 14.0. The Balaban J connectivity index is 2.08. The second-order valence-electron chi connectivity index (χ2n) is 5.67. The maximum Gasteiger partial charge on any atom is 0.237 e. The molecule has 0 radical (unpaired) electrons. The van der Waals surface area contributed by atoms with Gasteiger partial charge in [-0.25, -0.2) is 0 Å². The standard InChI is InChI=1S/C19H24N2O2/c1-5-10-20-19(22)14(2)21(3)13-15-6-7-17-12-18(23-4)9-8-16(17)11-15/h5-9,11-12,14H,1,10,13H2,2-4H3,(H,20,22)/t14-/m1/s1. The third-order valence-electron chi connectivity index (χ3n) is 4.01. The van der Waals surface area contributed by atoms with Crippen LogP contribution in [-0.2, 0) is 11.3 Å². The summed E-state index contributed by atoms with van der Waals surface area (Å²) in [5, 5.41) is 5.14. The number of nitrogens with zero attached hydrogens (tertiary/aromatic N) is 1. The van der Waals surface area contributed by atoms with E-state index < -0.39 is 0 Å². The van der Waals surface area contributed by atoms with Gasteiger partial charge in [-0.05, 0) is 48.5 Å². The molecule has 1 N–H and O–H groups in total. The van der Waals surface area contributed by atoms with Crippen LogP contribution in [-0.4, -0.2) is 37.6 Å². The Labute approximate surface area is 137 Å². The topological polar surface area (TPSA) is 41.6 Å². The fourth-order valence-corrected chi connectivity index (χ4v) is 2.44. The molecule has 0 aliphatic rings. The molecule has 0 aliphatic carbocycles. The Morgan fingerprint density at radius 3 is 2.70 bits per heavy atom. The smallest absolute Gasteiger partial charge is 0.237 e. The van der Waals surface area contributed by atoms with Gasteiger partial charge in [0, 0.05) is 13.1 Å². The summed E-state index contributed by atoms with van der Waals surface area (Å²) in [6.07, 6.45) is 1.68. The van der Waals surface area contributed by atoms with E-state index in [-0.39, 0.29) is 11.9 Å². The van der Waals surface area contributed by atoms with E-state index in [1.807, 2.05) is 31.0 Å². The highest BCUT2D eigenvalue weighted by Gasteiger charge is 2.17. The Hall–Kier alpha value is -2.33. The summed E-state index contributed by atoms with van der Waals surface area (Å²) in [4.78, 5) is 14.0. The molecular formula is C19H24N2O2. The summed E-state index contributed by atoms with van der Waals surface area (Å²) in [5.41, 5.74) is 1.17. The number of carbonyl (C=O) groups excluding carboxylic acids is 1. The minimum atomic E-state index is -0.193. The second kappa shape index (κ2) is 7.79. The lowest BCUT2D eigenvalue weighted by Gasteiger charge is -2.24. The first-order chi connectivity index (χ1) is 11.0. The number of fused-ring (bicyclic) bond motifs is 1. The van der Waals surface area contributed by atoms with Crippen LogP contribution in [0.15, 0.2) is 49.1 Å². The minimum Gasteiger partial charge on any atom is -0.497 e. The fraction of sp³-hybridized carbons (Fsp3) is 0.316. The Bertz CT molecular complexity index is 697. The molecule has 2 aromatic rings. The summed E-state index contributed by atoms with van der Waals surface area (Å²) in [6.45, 7) is 6.72. The molecule has 0 bridgehead atoms. The maximum absolute atomic E-state index is 12.0. The molecule has 0 unspecified atom stereocenters. The fourth-order valence-electron chi connectivity index (χ4n) is 2.44. The van der Waals surface area contributed by atoms with Crippen LogP contribution >= 0.6 is 0 Å². The summed E-state index contributed by atoms with van der Waals surface area (Å²) < 4.78 is 5.25. The average molecular weight is 312 g/mol. The van der Waals surface area contributed by atoms with Crippen molar-refractivity contribution in [2.45, 2.75) is 19.5 Å². The number of hydrogen-bond acceptors (Lipinski definition) is 3. The van der Waals surface area contributed by atoms with E-state index in [4.69, 9.17) is 4.74 Å². The first-order valence-electron chi connectivity index (χ1n) is 7.70. The van der Waals surface area contributed by atoms with E-state index in [9.17, 15) is 4.79 Å². The van der Waals surface area contributed by atoms with Crippen LogP contribution in [0.2, 0.25) is 0 Å². The first kappa shape index (κ1) is 17.0. The van der Waals surface area contributed by atoms with Gasteiger partial charge in [0.2, 0.25) is 5.91 Å². The number of nitrogens with one attached hydrogen (secondary N) is 1. The SMILES string of the molecule is C=CCNC(=O)[C@@H](C)N(C)Cc1ccc2cc(OC)ccc2c1. The van der Waals surface area contributed by atoms with Crippen LogP contribution in [0.1, 0.15) is 12.5 Å². The van der Waals surface area contributed by atoms with Gasteiger partial charge in [-0.1, -0.05) is 24.3 Å². The molecule has 1 atom stereocenters. The van der Waals surface area contributed by atoms with Gasteiger partial charge in [-0.3, -0.25) is 9.69 Å². The monoisotopic (exact) mass is 312 g/mol. The number of rotatable bonds is 7. The zero-order valence-electron chi connectivity index (χ0n) is 14.0. The van der Waals surface area contributed by atoms with E-state index in [1.165, 1.54) is 10.9 Å². The van der Waals surface area contributed by atoms with Gasteiger partial charge in [0.15, 0.2) is 0 Å². The molecule has 4 heteroatoms. The van der Waals surface area contributed by atoms with Gasteiger partial charge in [-0.15, -0.1) is 6.58 Å². The molecule has 122 valence electrons. The predicted molar refractivity (Wildman–Crippen MR) is 94.6 cm³/mol. The molecule has 0 saturated carbocycles. The van der Waals surface area contributed by atoms with Crippen LogP contribution in [0.5, 0.6) is 5.75 Å². The summed E-state index contributed by atoms with van der Waals surface area (Å²) in [5.74, 6) is 0.868. The molecule has 0 aliphatic heterocycles. The van der Waals surface area contributed by atoms with E-state index in [2.05, 4.69) is 36.2 Å². The highest BCUT2D eigenvalue weighted by molar-refractivity contribution is 5.84. The van der Waals surface area contributed by atoms with E-state index >= 15 is 0 Å². The zero-order chi connectivity index (χ0) is 16.8. The van der Waals surface area contributed by atoms with E-state index in [0.29, 0.717) is 13.1 Å². The Morgan fingerprint density at radius 1 is 1.30 bits per heavy atom. The molecule has 4 nitrogen and oxygen atoms in total. The van der Waals surface area contributed by atoms with Crippen molar-refractivity contribution in [2.24, 2.45) is 0 Å². The Morgan fingerprint density at radius 2 is 2.00 bits per heavy atom. The molecule has 1 amide bonds. The molecule has 0 saturated heterocycles. The number of methoxy groups -OCH3 is 1. The summed E-state index contributed by atoms with van der Waals surface area (Å²) in [6, 6.07) is 12.2. The number of hydrogen-bond donors (Lipinski definition) is 1. The van der Waals surface area contributed by atoms with Gasteiger partial charge in [0.05, 0.1) is 13.2 Å². The molecule has 0 fully saturated rings. The number of likely N-dealkylation sites (N-methyl/N-ethyl adjacent to an activating group) is 1. The molecule has 0 spiro atoms. The predicted octanol–water partition coefficient (Wildman–Crippen LogP) is 2.97.